The lowest BCUT2D eigenvalue weighted by Crippen LogP contribution is -2.55. The van der Waals surface area contributed by atoms with Crippen LogP contribution in [0.4, 0.5) is 21.8 Å². The van der Waals surface area contributed by atoms with Gasteiger partial charge in [0.25, 0.3) is 0 Å². The molecule has 0 unspecified atom stereocenters. The molecule has 2 N–H and O–H groups in total. The first-order valence-electron chi connectivity index (χ1n) is 10.9. The second-order valence-electron chi connectivity index (χ2n) is 8.85. The first kappa shape index (κ1) is 21.3. The van der Waals surface area contributed by atoms with Gasteiger partial charge in [-0.15, -0.1) is 0 Å². The first-order chi connectivity index (χ1) is 14.9. The van der Waals surface area contributed by atoms with Gasteiger partial charge in [-0.25, -0.2) is 9.37 Å². The van der Waals surface area contributed by atoms with E-state index in [0.29, 0.717) is 29.6 Å². The molecule has 8 heteroatoms. The number of rotatable bonds is 6. The Balaban J connectivity index is 1.50. The van der Waals surface area contributed by atoms with Gasteiger partial charge in [0.1, 0.15) is 11.8 Å². The fourth-order valence-electron chi connectivity index (χ4n) is 4.95. The summed E-state index contributed by atoms with van der Waals surface area (Å²) in [6.45, 7) is 8.02. The number of anilines is 3. The quantitative estimate of drug-likeness (QED) is 0.709. The first-order valence-corrected chi connectivity index (χ1v) is 10.9. The Bertz CT molecular complexity index is 989. The lowest BCUT2D eigenvalue weighted by molar-refractivity contribution is 0.0500. The molecule has 1 aromatic carbocycles. The summed E-state index contributed by atoms with van der Waals surface area (Å²) in [5, 5.41) is 15.7. The van der Waals surface area contributed by atoms with E-state index in [-0.39, 0.29) is 23.3 Å². The van der Waals surface area contributed by atoms with Crippen molar-refractivity contribution in [3.8, 4) is 11.8 Å². The Morgan fingerprint density at radius 1 is 1.39 bits per heavy atom. The van der Waals surface area contributed by atoms with E-state index >= 15 is 0 Å². The van der Waals surface area contributed by atoms with Crippen LogP contribution in [-0.2, 0) is 0 Å². The average molecular weight is 425 g/mol. The molecule has 0 bridgehead atoms. The topological polar surface area (TPSA) is 86.1 Å². The van der Waals surface area contributed by atoms with Gasteiger partial charge < -0.3 is 15.4 Å². The van der Waals surface area contributed by atoms with Crippen LogP contribution in [0.5, 0.6) is 5.75 Å². The van der Waals surface area contributed by atoms with E-state index in [9.17, 15) is 9.65 Å². The predicted molar refractivity (Wildman–Crippen MR) is 118 cm³/mol. The molecule has 4 rings (SSSR count). The Hall–Kier alpha value is -2.92. The van der Waals surface area contributed by atoms with Gasteiger partial charge in [0, 0.05) is 23.3 Å². The normalized spacial score (nSPS) is 22.4. The number of hydrogen-bond acceptors (Lipinski definition) is 7. The molecule has 0 saturated carbocycles. The van der Waals surface area contributed by atoms with E-state index in [1.807, 2.05) is 6.92 Å². The van der Waals surface area contributed by atoms with E-state index in [0.717, 1.165) is 19.4 Å². The number of nitriles is 1. The number of ether oxygens (including phenoxy) is 1. The summed E-state index contributed by atoms with van der Waals surface area (Å²) in [5.41, 5.74) is 1.13. The van der Waals surface area contributed by atoms with Crippen molar-refractivity contribution in [2.24, 2.45) is 0 Å². The molecule has 164 valence electrons. The number of nitrogens with zero attached hydrogens (tertiary/aromatic N) is 4. The number of aromatic nitrogens is 2. The molecule has 2 fully saturated rings. The van der Waals surface area contributed by atoms with Crippen molar-refractivity contribution >= 4 is 17.5 Å². The smallest absolute Gasteiger partial charge is 0.229 e. The van der Waals surface area contributed by atoms with Crippen molar-refractivity contribution in [2.75, 3.05) is 23.8 Å². The van der Waals surface area contributed by atoms with Crippen LogP contribution >= 0.6 is 0 Å². The van der Waals surface area contributed by atoms with Crippen molar-refractivity contribution < 1.29 is 9.13 Å². The molecule has 1 aromatic heterocycles. The third-order valence-corrected chi connectivity index (χ3v) is 6.20. The van der Waals surface area contributed by atoms with E-state index < -0.39 is 5.82 Å². The molecular weight excluding hydrogens is 395 g/mol. The minimum atomic E-state index is -0.471. The molecule has 2 atom stereocenters. The van der Waals surface area contributed by atoms with Crippen LogP contribution in [0.1, 0.15) is 52.0 Å². The molecule has 2 aliphatic rings. The molecule has 31 heavy (non-hydrogen) atoms. The van der Waals surface area contributed by atoms with Gasteiger partial charge in [-0.3, -0.25) is 4.90 Å². The van der Waals surface area contributed by atoms with E-state index in [1.54, 1.807) is 18.2 Å². The summed E-state index contributed by atoms with van der Waals surface area (Å²) in [6.07, 6.45) is 5.51. The summed E-state index contributed by atoms with van der Waals surface area (Å²) in [6, 6.07) is 8.00. The standard InChI is InChI=1S/C23H29FN6O/c1-4-31-20-8-7-16(10-15(20)13-25)28-22-26-14-19(24)21(29-22)27-17-11-18-6-5-9-30(18)23(2,3)12-17/h7-8,10,14,17-18H,4-6,9,11-12H2,1-3H3,(H2,26,27,28,29)/t17-,18+/m1/s1. The molecule has 0 radical (unpaired) electrons. The maximum atomic E-state index is 14.5. The van der Waals surface area contributed by atoms with Crippen LogP contribution in [-0.4, -0.2) is 45.6 Å². The molecule has 7 nitrogen and oxygen atoms in total. The van der Waals surface area contributed by atoms with Crippen molar-refractivity contribution in [2.45, 2.75) is 64.1 Å². The second-order valence-corrected chi connectivity index (χ2v) is 8.85. The number of hydrogen-bond donors (Lipinski definition) is 2. The van der Waals surface area contributed by atoms with Crippen molar-refractivity contribution in [3.63, 3.8) is 0 Å². The molecular formula is C23H29FN6O. The highest BCUT2D eigenvalue weighted by atomic mass is 19.1. The zero-order valence-corrected chi connectivity index (χ0v) is 18.3. The van der Waals surface area contributed by atoms with E-state index in [4.69, 9.17) is 4.74 Å². The van der Waals surface area contributed by atoms with Crippen LogP contribution in [0.2, 0.25) is 0 Å². The Morgan fingerprint density at radius 3 is 3.00 bits per heavy atom. The second kappa shape index (κ2) is 8.67. The van der Waals surface area contributed by atoms with E-state index in [2.05, 4.69) is 45.4 Å². The fourth-order valence-corrected chi connectivity index (χ4v) is 4.95. The van der Waals surface area contributed by atoms with Gasteiger partial charge >= 0.3 is 0 Å². The third kappa shape index (κ3) is 4.57. The maximum Gasteiger partial charge on any atom is 0.229 e. The van der Waals surface area contributed by atoms with Crippen molar-refractivity contribution in [1.82, 2.24) is 14.9 Å². The maximum absolute atomic E-state index is 14.5. The number of fused-ring (bicyclic) bond motifs is 1. The highest BCUT2D eigenvalue weighted by Gasteiger charge is 2.43. The zero-order chi connectivity index (χ0) is 22.0. The largest absolute Gasteiger partial charge is 0.492 e. The summed E-state index contributed by atoms with van der Waals surface area (Å²) < 4.78 is 19.9. The van der Waals surface area contributed by atoms with Gasteiger partial charge in [0.15, 0.2) is 11.6 Å². The van der Waals surface area contributed by atoms with Crippen LogP contribution in [0, 0.1) is 17.1 Å². The highest BCUT2D eigenvalue weighted by molar-refractivity contribution is 5.61. The van der Waals surface area contributed by atoms with Gasteiger partial charge in [-0.1, -0.05) is 0 Å². The Morgan fingerprint density at radius 2 is 2.23 bits per heavy atom. The van der Waals surface area contributed by atoms with Crippen LogP contribution < -0.4 is 15.4 Å². The summed E-state index contributed by atoms with van der Waals surface area (Å²) in [7, 11) is 0. The molecule has 0 spiro atoms. The monoisotopic (exact) mass is 424 g/mol. The number of halogens is 1. The highest BCUT2D eigenvalue weighted by Crippen LogP contribution is 2.38. The summed E-state index contributed by atoms with van der Waals surface area (Å²) >= 11 is 0. The van der Waals surface area contributed by atoms with Crippen LogP contribution in [0.3, 0.4) is 0 Å². The minimum Gasteiger partial charge on any atom is -0.492 e. The van der Waals surface area contributed by atoms with E-state index in [1.165, 1.54) is 19.0 Å². The van der Waals surface area contributed by atoms with Gasteiger partial charge in [-0.2, -0.15) is 10.2 Å². The van der Waals surface area contributed by atoms with Crippen LogP contribution in [0.15, 0.2) is 24.4 Å². The Labute approximate surface area is 182 Å². The van der Waals surface area contributed by atoms with Crippen LogP contribution in [0.25, 0.3) is 0 Å². The SMILES string of the molecule is CCOc1ccc(Nc2ncc(F)c(N[C@@H]3C[C@@H]4CCCN4C(C)(C)C3)n2)cc1C#N. The molecule has 2 saturated heterocycles. The molecule has 0 amide bonds. The number of benzene rings is 1. The third-order valence-electron chi connectivity index (χ3n) is 6.20. The lowest BCUT2D eigenvalue weighted by atomic mass is 9.84. The average Bonchev–Trinajstić information content (AvgIpc) is 3.21. The summed E-state index contributed by atoms with van der Waals surface area (Å²) in [5.74, 6) is 0.533. The van der Waals surface area contributed by atoms with Crippen molar-refractivity contribution in [3.05, 3.63) is 35.8 Å². The lowest BCUT2D eigenvalue weighted by Gasteiger charge is -2.47. The molecule has 3 heterocycles. The minimum absolute atomic E-state index is 0.0810. The molecule has 2 aliphatic heterocycles. The summed E-state index contributed by atoms with van der Waals surface area (Å²) in [4.78, 5) is 11.0. The van der Waals surface area contributed by atoms with Gasteiger partial charge in [-0.05, 0) is 71.2 Å². The number of nitrogens with one attached hydrogen (secondary N) is 2. The zero-order valence-electron chi connectivity index (χ0n) is 18.3. The van der Waals surface area contributed by atoms with Gasteiger partial charge in [0.05, 0.1) is 18.4 Å². The van der Waals surface area contributed by atoms with Crippen molar-refractivity contribution in [1.29, 1.82) is 5.26 Å². The molecule has 0 aliphatic carbocycles. The van der Waals surface area contributed by atoms with Gasteiger partial charge in [0.2, 0.25) is 5.95 Å². The Kier molecular flexibility index (Phi) is 5.96. The predicted octanol–water partition coefficient (Wildman–Crippen LogP) is 4.45. The number of piperidine rings is 1. The molecule has 2 aromatic rings. The fraction of sp³-hybridized carbons (Fsp3) is 0.522.